The second-order valence-corrected chi connectivity index (χ2v) is 18.4. The third-order valence-corrected chi connectivity index (χ3v) is 12.4. The van der Waals surface area contributed by atoms with E-state index in [0.29, 0.717) is 22.7 Å². The van der Waals surface area contributed by atoms with Gasteiger partial charge in [0.15, 0.2) is 0 Å². The molecule has 0 unspecified atom stereocenters. The first-order valence-electron chi connectivity index (χ1n) is 23.9. The molecular weight excluding hydrogens is 1010 g/mol. The number of aromatic nitrogens is 2. The van der Waals surface area contributed by atoms with Crippen LogP contribution in [-0.2, 0) is 32.9 Å². The number of rotatable bonds is 10. The summed E-state index contributed by atoms with van der Waals surface area (Å²) in [5.41, 5.74) is 13.0. The predicted octanol–water partition coefficient (Wildman–Crippen LogP) is 15.9. The minimum Gasteiger partial charge on any atom is -0.509 e. The molecule has 1 aliphatic heterocycles. The second kappa shape index (κ2) is 18.3. The number of fused-ring (bicyclic) bond motifs is 4. The summed E-state index contributed by atoms with van der Waals surface area (Å²) in [6, 6.07) is 75.2. The molecular formula is C62H50N4OPt+2. The maximum absolute atomic E-state index is 9.52. The van der Waals surface area contributed by atoms with Gasteiger partial charge in [-0.2, -0.15) is 12.1 Å². The van der Waals surface area contributed by atoms with Crippen LogP contribution in [0.5, 0.6) is 11.5 Å². The maximum atomic E-state index is 9.52. The Bertz CT molecular complexity index is 3610. The molecule has 1 aliphatic rings. The first-order chi connectivity index (χ1) is 33.4. The molecule has 6 heteroatoms. The van der Waals surface area contributed by atoms with E-state index in [0.717, 1.165) is 78.1 Å². The number of para-hydroxylation sites is 2. The van der Waals surface area contributed by atoms with Crippen molar-refractivity contribution in [3.8, 4) is 50.7 Å². The van der Waals surface area contributed by atoms with Crippen molar-refractivity contribution in [3.05, 3.63) is 218 Å². The largest absolute Gasteiger partial charge is 2.00 e. The third-order valence-electron chi connectivity index (χ3n) is 12.4. The number of hydrogen-bond acceptors (Lipinski definition) is 2. The van der Waals surface area contributed by atoms with E-state index in [2.05, 4.69) is 151 Å². The summed E-state index contributed by atoms with van der Waals surface area (Å²) in [5, 5.41) is 2.14. The van der Waals surface area contributed by atoms with Crippen molar-refractivity contribution in [2.75, 3.05) is 0 Å². The van der Waals surface area contributed by atoms with Gasteiger partial charge in [-0.05, 0) is 85.8 Å². The van der Waals surface area contributed by atoms with Crippen LogP contribution in [0.15, 0.2) is 194 Å². The number of ether oxygens (including phenoxy) is 1. The molecule has 0 radical (unpaired) electrons. The van der Waals surface area contributed by atoms with Crippen LogP contribution in [0.1, 0.15) is 48.5 Å². The van der Waals surface area contributed by atoms with Crippen LogP contribution in [0.2, 0.25) is 0 Å². The molecule has 2 aromatic heterocycles. The first kappa shape index (κ1) is 42.0. The van der Waals surface area contributed by atoms with Gasteiger partial charge in [-0.15, -0.1) is 23.6 Å². The van der Waals surface area contributed by atoms with Crippen molar-refractivity contribution >= 4 is 50.6 Å². The molecule has 0 atom stereocenters. The minimum absolute atomic E-state index is 0. The average Bonchev–Trinajstić information content (AvgIpc) is 3.92. The molecule has 0 spiro atoms. The SMILES string of the molecule is [2H]C([2H])(c1cccc2c1[N+](c1c(-c3ccccc3)cccc1-c1ccccc1)=C=[N+]2c1[c-]c(Oc2[c-]c3c(cc2)c2cc(-c4ccccc4)ccc2n3-c2cc(C(C)(C)C)ccn2)ccc1)C(C)C.[Pt+2]. The molecule has 3 heterocycles. The van der Waals surface area contributed by atoms with Crippen molar-refractivity contribution in [2.24, 2.45) is 5.92 Å². The Morgan fingerprint density at radius 1 is 0.618 bits per heavy atom. The molecule has 8 aromatic carbocycles. The number of benzene rings is 8. The molecule has 0 saturated carbocycles. The van der Waals surface area contributed by atoms with E-state index >= 15 is 0 Å². The van der Waals surface area contributed by atoms with Crippen LogP contribution in [0.25, 0.3) is 61.0 Å². The van der Waals surface area contributed by atoms with E-state index < -0.39 is 6.37 Å². The third kappa shape index (κ3) is 8.34. The summed E-state index contributed by atoms with van der Waals surface area (Å²) >= 11 is 0. The predicted molar refractivity (Wildman–Crippen MR) is 277 cm³/mol. The summed E-state index contributed by atoms with van der Waals surface area (Å²) in [6.45, 7) is 10.5. The molecule has 0 amide bonds. The van der Waals surface area contributed by atoms with E-state index in [1.165, 1.54) is 5.56 Å². The molecule has 0 saturated heterocycles. The Morgan fingerprint density at radius 2 is 1.26 bits per heavy atom. The number of pyridine rings is 1. The molecule has 0 aliphatic carbocycles. The van der Waals surface area contributed by atoms with Crippen LogP contribution in [0.3, 0.4) is 0 Å². The zero-order chi connectivity index (χ0) is 47.4. The Morgan fingerprint density at radius 3 is 1.94 bits per heavy atom. The molecule has 68 heavy (non-hydrogen) atoms. The summed E-state index contributed by atoms with van der Waals surface area (Å²) in [6.07, 6.45) is 0.217. The smallest absolute Gasteiger partial charge is 0.509 e. The van der Waals surface area contributed by atoms with Gasteiger partial charge in [-0.25, -0.2) is 4.98 Å². The molecule has 0 bridgehead atoms. The average molecular weight is 1060 g/mol. The fraction of sp³-hybridized carbons (Fsp3) is 0.129. The van der Waals surface area contributed by atoms with Gasteiger partial charge in [0, 0.05) is 37.6 Å². The Hall–Kier alpha value is -7.42. The van der Waals surface area contributed by atoms with Gasteiger partial charge < -0.3 is 9.30 Å². The zero-order valence-electron chi connectivity index (χ0n) is 40.6. The summed E-state index contributed by atoms with van der Waals surface area (Å²) in [7, 11) is 0. The molecule has 0 fully saturated rings. The quantitative estimate of drug-likeness (QED) is 0.101. The molecule has 0 N–H and O–H groups in total. The van der Waals surface area contributed by atoms with E-state index in [1.807, 2.05) is 110 Å². The maximum Gasteiger partial charge on any atom is 2.00 e. The van der Waals surface area contributed by atoms with Gasteiger partial charge in [0.2, 0.25) is 5.69 Å². The standard InChI is InChI=1S/C62H50N4O.Pt/c1-42(2)36-47-24-15-29-57-60(47)65(61-52(44-20-11-7-12-21-44)27-17-28-53(61)45-22-13-8-14-23-45)41-64(57)49-25-16-26-50(39-49)67-51-31-32-54-55-37-46(43-18-9-6-10-19-43)30-33-56(55)66(58(54)40-51)59-38-48(34-35-63-59)62(3,4)5;/h6-35,37-38,42H,36H2,1-5H3;/q;+2/i36D2;. The normalized spacial score (nSPS) is 12.9. The molecule has 332 valence electrons. The van der Waals surface area contributed by atoms with Crippen LogP contribution in [-0.4, -0.2) is 15.6 Å². The fourth-order valence-corrected chi connectivity index (χ4v) is 9.19. The van der Waals surface area contributed by atoms with Gasteiger partial charge in [-0.3, -0.25) is 0 Å². The van der Waals surface area contributed by atoms with Gasteiger partial charge in [0.05, 0.1) is 11.1 Å². The zero-order valence-corrected chi connectivity index (χ0v) is 40.8. The van der Waals surface area contributed by atoms with Crippen molar-refractivity contribution in [1.29, 1.82) is 0 Å². The Labute approximate surface area is 416 Å². The topological polar surface area (TPSA) is 33.1 Å². The van der Waals surface area contributed by atoms with Crippen molar-refractivity contribution in [3.63, 3.8) is 0 Å². The first-order valence-corrected chi connectivity index (χ1v) is 22.9. The fourth-order valence-electron chi connectivity index (χ4n) is 9.19. The molecule has 5 nitrogen and oxygen atoms in total. The second-order valence-electron chi connectivity index (χ2n) is 18.4. The monoisotopic (exact) mass is 1060 g/mol. The van der Waals surface area contributed by atoms with Gasteiger partial charge >= 0.3 is 32.8 Å². The van der Waals surface area contributed by atoms with Crippen LogP contribution in [0.4, 0.5) is 22.7 Å². The Balaban J connectivity index is 0.00000567. The van der Waals surface area contributed by atoms with Gasteiger partial charge in [0.25, 0.3) is 5.69 Å². The minimum atomic E-state index is -1.67. The van der Waals surface area contributed by atoms with E-state index in [4.69, 9.17) is 9.72 Å². The Kier molecular flexibility index (Phi) is 11.3. The van der Waals surface area contributed by atoms with Gasteiger partial charge in [0.1, 0.15) is 11.5 Å². The van der Waals surface area contributed by atoms with Gasteiger partial charge in [-0.1, -0.05) is 178 Å². The number of hydrogen-bond donors (Lipinski definition) is 0. The molecule has 10 aromatic rings. The van der Waals surface area contributed by atoms with E-state index in [1.54, 1.807) is 0 Å². The van der Waals surface area contributed by atoms with Crippen LogP contribution < -0.4 is 13.9 Å². The van der Waals surface area contributed by atoms with E-state index in [9.17, 15) is 2.74 Å². The van der Waals surface area contributed by atoms with Crippen molar-refractivity contribution in [1.82, 2.24) is 18.7 Å². The van der Waals surface area contributed by atoms with Crippen molar-refractivity contribution in [2.45, 2.75) is 46.4 Å². The number of nitrogens with zero attached hydrogens (tertiary/aromatic N) is 4. The summed E-state index contributed by atoms with van der Waals surface area (Å²) < 4.78 is 32.0. The summed E-state index contributed by atoms with van der Waals surface area (Å²) in [5.74, 6) is 1.53. The van der Waals surface area contributed by atoms with Crippen molar-refractivity contribution < 1.29 is 28.5 Å². The molecule has 11 rings (SSSR count). The van der Waals surface area contributed by atoms with Crippen LogP contribution in [0, 0.1) is 18.1 Å². The summed E-state index contributed by atoms with van der Waals surface area (Å²) in [4.78, 5) is 4.92. The van der Waals surface area contributed by atoms with Crippen LogP contribution >= 0.6 is 0 Å². The van der Waals surface area contributed by atoms with E-state index in [-0.39, 0.29) is 32.4 Å².